The number of nitrogens with zero attached hydrogens (tertiary/aromatic N) is 3. The standard InChI is InChI=1S/C17H20N4O3/c1-11-18-17(24-20-11)14-5-3-13(4-6-14)16(23)19-15-7-9-21(10-8-15)12(2)22/h3-6,15H,7-10H2,1-2H3,(H,19,23). The number of amides is 2. The minimum absolute atomic E-state index is 0.0895. The lowest BCUT2D eigenvalue weighted by Gasteiger charge is -2.31. The van der Waals surface area contributed by atoms with Crippen molar-refractivity contribution in [3.8, 4) is 11.5 Å². The molecule has 0 radical (unpaired) electrons. The van der Waals surface area contributed by atoms with Crippen molar-refractivity contribution in [3.05, 3.63) is 35.7 Å². The predicted molar refractivity (Wildman–Crippen MR) is 87.2 cm³/mol. The van der Waals surface area contributed by atoms with Crippen molar-refractivity contribution in [2.24, 2.45) is 0 Å². The lowest BCUT2D eigenvalue weighted by molar-refractivity contribution is -0.129. The number of rotatable bonds is 3. The van der Waals surface area contributed by atoms with Crippen LogP contribution in [0.1, 0.15) is 35.9 Å². The van der Waals surface area contributed by atoms with Gasteiger partial charge in [0.15, 0.2) is 5.82 Å². The summed E-state index contributed by atoms with van der Waals surface area (Å²) in [7, 11) is 0. The minimum Gasteiger partial charge on any atom is -0.349 e. The molecule has 0 atom stereocenters. The van der Waals surface area contributed by atoms with Gasteiger partial charge in [0.25, 0.3) is 11.8 Å². The maximum absolute atomic E-state index is 12.3. The van der Waals surface area contributed by atoms with Crippen LogP contribution < -0.4 is 5.32 Å². The van der Waals surface area contributed by atoms with Gasteiger partial charge in [-0.3, -0.25) is 9.59 Å². The van der Waals surface area contributed by atoms with Gasteiger partial charge < -0.3 is 14.7 Å². The van der Waals surface area contributed by atoms with Gasteiger partial charge in [-0.15, -0.1) is 0 Å². The van der Waals surface area contributed by atoms with E-state index in [9.17, 15) is 9.59 Å². The maximum atomic E-state index is 12.3. The Hall–Kier alpha value is -2.70. The van der Waals surface area contributed by atoms with Crippen LogP contribution >= 0.6 is 0 Å². The highest BCUT2D eigenvalue weighted by Gasteiger charge is 2.22. The van der Waals surface area contributed by atoms with E-state index in [1.807, 2.05) is 4.90 Å². The summed E-state index contributed by atoms with van der Waals surface area (Å²) < 4.78 is 5.11. The molecule has 0 bridgehead atoms. The van der Waals surface area contributed by atoms with Gasteiger partial charge in [-0.2, -0.15) is 4.98 Å². The molecule has 1 aliphatic heterocycles. The fourth-order valence-corrected chi connectivity index (χ4v) is 2.79. The molecule has 1 aliphatic rings. The van der Waals surface area contributed by atoms with Crippen molar-refractivity contribution in [1.29, 1.82) is 0 Å². The molecule has 0 unspecified atom stereocenters. The fourth-order valence-electron chi connectivity index (χ4n) is 2.79. The van der Waals surface area contributed by atoms with Crippen LogP contribution in [0.25, 0.3) is 11.5 Å². The third kappa shape index (κ3) is 3.61. The summed E-state index contributed by atoms with van der Waals surface area (Å²) in [4.78, 5) is 29.6. The van der Waals surface area contributed by atoms with Gasteiger partial charge in [-0.1, -0.05) is 5.16 Å². The molecule has 3 rings (SSSR count). The van der Waals surface area contributed by atoms with Crippen LogP contribution in [0.2, 0.25) is 0 Å². The van der Waals surface area contributed by atoms with Crippen molar-refractivity contribution in [2.45, 2.75) is 32.7 Å². The molecule has 7 nitrogen and oxygen atoms in total. The van der Waals surface area contributed by atoms with Gasteiger partial charge in [0, 0.05) is 37.2 Å². The van der Waals surface area contributed by atoms with Crippen molar-refractivity contribution >= 4 is 11.8 Å². The number of aromatic nitrogens is 2. The predicted octanol–water partition coefficient (Wildman–Crippen LogP) is 1.79. The Balaban J connectivity index is 1.59. The summed E-state index contributed by atoms with van der Waals surface area (Å²) in [6.45, 7) is 4.71. The zero-order valence-corrected chi connectivity index (χ0v) is 13.8. The first kappa shape index (κ1) is 16.2. The quantitative estimate of drug-likeness (QED) is 0.928. The first-order valence-electron chi connectivity index (χ1n) is 8.00. The number of benzene rings is 1. The number of carbonyl (C=O) groups is 2. The fraction of sp³-hybridized carbons (Fsp3) is 0.412. The lowest BCUT2D eigenvalue weighted by atomic mass is 10.0. The molecule has 2 aromatic rings. The Morgan fingerprint density at radius 1 is 1.21 bits per heavy atom. The van der Waals surface area contributed by atoms with Gasteiger partial charge in [0.05, 0.1) is 0 Å². The second-order valence-corrected chi connectivity index (χ2v) is 5.98. The zero-order valence-electron chi connectivity index (χ0n) is 13.8. The summed E-state index contributed by atoms with van der Waals surface area (Å²) >= 11 is 0. The van der Waals surface area contributed by atoms with Crippen LogP contribution in [0.3, 0.4) is 0 Å². The van der Waals surface area contributed by atoms with E-state index in [0.717, 1.165) is 18.4 Å². The van der Waals surface area contributed by atoms with Crippen LogP contribution in [-0.4, -0.2) is 46.0 Å². The number of aryl methyl sites for hydroxylation is 1. The SMILES string of the molecule is CC(=O)N1CCC(NC(=O)c2ccc(-c3nc(C)no3)cc2)CC1. The highest BCUT2D eigenvalue weighted by Crippen LogP contribution is 2.18. The Morgan fingerprint density at radius 3 is 2.42 bits per heavy atom. The van der Waals surface area contributed by atoms with E-state index in [2.05, 4.69) is 15.5 Å². The average Bonchev–Trinajstić information content (AvgIpc) is 3.02. The van der Waals surface area contributed by atoms with Gasteiger partial charge >= 0.3 is 0 Å². The first-order chi connectivity index (χ1) is 11.5. The van der Waals surface area contributed by atoms with Crippen molar-refractivity contribution in [1.82, 2.24) is 20.4 Å². The van der Waals surface area contributed by atoms with E-state index in [1.165, 1.54) is 0 Å². The largest absolute Gasteiger partial charge is 0.349 e. The van der Waals surface area contributed by atoms with E-state index in [0.29, 0.717) is 30.4 Å². The summed E-state index contributed by atoms with van der Waals surface area (Å²) in [6, 6.07) is 7.18. The number of hydrogen-bond donors (Lipinski definition) is 1. The van der Waals surface area contributed by atoms with Gasteiger partial charge in [-0.25, -0.2) is 0 Å². The number of hydrogen-bond acceptors (Lipinski definition) is 5. The molecule has 2 amide bonds. The highest BCUT2D eigenvalue weighted by molar-refractivity contribution is 5.94. The zero-order chi connectivity index (χ0) is 17.1. The average molecular weight is 328 g/mol. The molecule has 0 aliphatic carbocycles. The number of piperidine rings is 1. The van der Waals surface area contributed by atoms with E-state index in [-0.39, 0.29) is 17.9 Å². The summed E-state index contributed by atoms with van der Waals surface area (Å²) in [6.07, 6.45) is 1.56. The molecule has 0 spiro atoms. The Bertz CT molecular complexity index is 731. The third-order valence-corrected chi connectivity index (χ3v) is 4.20. The van der Waals surface area contributed by atoms with Crippen molar-refractivity contribution in [3.63, 3.8) is 0 Å². The van der Waals surface area contributed by atoms with Crippen LogP contribution in [0, 0.1) is 6.92 Å². The topological polar surface area (TPSA) is 88.3 Å². The van der Waals surface area contributed by atoms with Crippen LogP contribution in [0.4, 0.5) is 0 Å². The molecular weight excluding hydrogens is 308 g/mol. The lowest BCUT2D eigenvalue weighted by Crippen LogP contribution is -2.45. The molecule has 126 valence electrons. The third-order valence-electron chi connectivity index (χ3n) is 4.20. The van der Waals surface area contributed by atoms with E-state index >= 15 is 0 Å². The smallest absolute Gasteiger partial charge is 0.257 e. The highest BCUT2D eigenvalue weighted by atomic mass is 16.5. The molecule has 1 N–H and O–H groups in total. The first-order valence-corrected chi connectivity index (χ1v) is 8.00. The number of carbonyl (C=O) groups excluding carboxylic acids is 2. The van der Waals surface area contributed by atoms with Gasteiger partial charge in [0.1, 0.15) is 0 Å². The molecule has 7 heteroatoms. The van der Waals surface area contributed by atoms with E-state index in [4.69, 9.17) is 4.52 Å². The molecule has 24 heavy (non-hydrogen) atoms. The molecule has 0 saturated carbocycles. The Kier molecular flexibility index (Phi) is 4.59. The maximum Gasteiger partial charge on any atom is 0.257 e. The summed E-state index contributed by atoms with van der Waals surface area (Å²) in [5.41, 5.74) is 1.37. The molecule has 1 aromatic heterocycles. The molecular formula is C17H20N4O3. The Labute approximate surface area is 140 Å². The molecule has 1 aromatic carbocycles. The number of likely N-dealkylation sites (tertiary alicyclic amines) is 1. The van der Waals surface area contributed by atoms with Crippen LogP contribution in [0.5, 0.6) is 0 Å². The van der Waals surface area contributed by atoms with Crippen LogP contribution in [-0.2, 0) is 4.79 Å². The Morgan fingerprint density at radius 2 is 1.88 bits per heavy atom. The normalized spacial score (nSPS) is 15.3. The molecule has 1 fully saturated rings. The second-order valence-electron chi connectivity index (χ2n) is 5.98. The summed E-state index contributed by atoms with van der Waals surface area (Å²) in [5.74, 6) is 0.996. The van der Waals surface area contributed by atoms with Crippen LogP contribution in [0.15, 0.2) is 28.8 Å². The summed E-state index contributed by atoms with van der Waals surface area (Å²) in [5, 5.41) is 6.78. The number of nitrogens with one attached hydrogen (secondary N) is 1. The van der Waals surface area contributed by atoms with Crippen molar-refractivity contribution < 1.29 is 14.1 Å². The van der Waals surface area contributed by atoms with E-state index in [1.54, 1.807) is 38.1 Å². The second kappa shape index (κ2) is 6.82. The van der Waals surface area contributed by atoms with Gasteiger partial charge in [0.2, 0.25) is 5.91 Å². The molecule has 2 heterocycles. The van der Waals surface area contributed by atoms with E-state index < -0.39 is 0 Å². The monoisotopic (exact) mass is 328 g/mol. The minimum atomic E-state index is -0.107. The van der Waals surface area contributed by atoms with Crippen molar-refractivity contribution in [2.75, 3.05) is 13.1 Å². The van der Waals surface area contributed by atoms with Gasteiger partial charge in [-0.05, 0) is 44.0 Å². The molecule has 1 saturated heterocycles.